The maximum atomic E-state index is 12.5. The van der Waals surface area contributed by atoms with E-state index in [1.807, 2.05) is 6.07 Å². The average Bonchev–Trinajstić information content (AvgIpc) is 2.86. The molecule has 2 N–H and O–H groups in total. The summed E-state index contributed by atoms with van der Waals surface area (Å²) in [6, 6.07) is 22.2. The van der Waals surface area contributed by atoms with Gasteiger partial charge in [-0.15, -0.1) is 0 Å². The lowest BCUT2D eigenvalue weighted by Gasteiger charge is -2.21. The number of ether oxygens (including phenoxy) is 1. The number of hydrogen-bond acceptors (Lipinski definition) is 6. The Balaban J connectivity index is 1.64. The van der Waals surface area contributed by atoms with E-state index in [4.69, 9.17) is 4.74 Å². The van der Waals surface area contributed by atoms with Gasteiger partial charge in [-0.2, -0.15) is 5.10 Å². The third kappa shape index (κ3) is 7.15. The van der Waals surface area contributed by atoms with Crippen LogP contribution in [0, 0.1) is 0 Å². The van der Waals surface area contributed by atoms with E-state index in [-0.39, 0.29) is 5.91 Å². The number of rotatable bonds is 9. The Bertz CT molecular complexity index is 1320. The zero-order valence-corrected chi connectivity index (χ0v) is 20.4. The van der Waals surface area contributed by atoms with Crippen LogP contribution >= 0.6 is 0 Å². The van der Waals surface area contributed by atoms with Crippen molar-refractivity contribution in [1.29, 1.82) is 0 Å². The second-order valence-electron chi connectivity index (χ2n) is 7.60. The minimum Gasteiger partial charge on any atom is -0.497 e. The Morgan fingerprint density at radius 2 is 1.63 bits per heavy atom. The lowest BCUT2D eigenvalue weighted by atomic mass is 10.1. The second-order valence-corrected chi connectivity index (χ2v) is 9.51. The molecule has 10 heteroatoms. The van der Waals surface area contributed by atoms with Gasteiger partial charge in [0.2, 0.25) is 10.0 Å². The van der Waals surface area contributed by atoms with Crippen LogP contribution in [0.1, 0.15) is 22.8 Å². The zero-order valence-electron chi connectivity index (χ0n) is 19.6. The van der Waals surface area contributed by atoms with Crippen LogP contribution in [0.3, 0.4) is 0 Å². The van der Waals surface area contributed by atoms with Gasteiger partial charge in [0.1, 0.15) is 12.3 Å². The number of carbonyl (C=O) groups excluding carboxylic acids is 2. The number of hydrogen-bond donors (Lipinski definition) is 2. The summed E-state index contributed by atoms with van der Waals surface area (Å²) in [6.07, 6.45) is 1.02. The molecular formula is C25H26N4O5S. The van der Waals surface area contributed by atoms with Gasteiger partial charge in [-0.1, -0.05) is 36.4 Å². The van der Waals surface area contributed by atoms with E-state index in [9.17, 15) is 18.0 Å². The number of anilines is 2. The van der Waals surface area contributed by atoms with Crippen LogP contribution < -0.4 is 19.8 Å². The molecule has 3 rings (SSSR count). The van der Waals surface area contributed by atoms with Crippen LogP contribution in [0.4, 0.5) is 11.4 Å². The van der Waals surface area contributed by atoms with Crippen molar-refractivity contribution in [2.24, 2.45) is 5.10 Å². The molecule has 3 aromatic carbocycles. The largest absolute Gasteiger partial charge is 0.497 e. The molecule has 0 aliphatic carbocycles. The van der Waals surface area contributed by atoms with Crippen molar-refractivity contribution >= 4 is 38.9 Å². The van der Waals surface area contributed by atoms with Gasteiger partial charge < -0.3 is 10.1 Å². The van der Waals surface area contributed by atoms with E-state index in [0.29, 0.717) is 28.4 Å². The summed E-state index contributed by atoms with van der Waals surface area (Å²) in [4.78, 5) is 24.7. The topological polar surface area (TPSA) is 117 Å². The highest BCUT2D eigenvalue weighted by atomic mass is 32.2. The number of methoxy groups -OCH3 is 1. The van der Waals surface area contributed by atoms with Gasteiger partial charge in [0.15, 0.2) is 0 Å². The first-order valence-corrected chi connectivity index (χ1v) is 12.4. The first-order valence-electron chi connectivity index (χ1n) is 10.6. The van der Waals surface area contributed by atoms with Crippen LogP contribution in [-0.4, -0.2) is 45.9 Å². The summed E-state index contributed by atoms with van der Waals surface area (Å²) in [5.74, 6) is -0.361. The molecule has 2 amide bonds. The van der Waals surface area contributed by atoms with Crippen molar-refractivity contribution in [2.45, 2.75) is 6.92 Å². The molecule has 0 radical (unpaired) electrons. The maximum Gasteiger partial charge on any atom is 0.260 e. The molecule has 0 aromatic heterocycles. The van der Waals surface area contributed by atoms with Crippen molar-refractivity contribution in [3.63, 3.8) is 0 Å². The number of amides is 2. The summed E-state index contributed by atoms with van der Waals surface area (Å²) in [7, 11) is -2.26. The normalized spacial score (nSPS) is 11.5. The average molecular weight is 495 g/mol. The summed E-state index contributed by atoms with van der Waals surface area (Å²) in [5, 5.41) is 6.89. The molecule has 0 aliphatic rings. The van der Waals surface area contributed by atoms with E-state index in [0.717, 1.165) is 16.1 Å². The van der Waals surface area contributed by atoms with Gasteiger partial charge in [-0.05, 0) is 48.9 Å². The first kappa shape index (κ1) is 25.4. The van der Waals surface area contributed by atoms with E-state index >= 15 is 0 Å². The molecule has 0 saturated carbocycles. The van der Waals surface area contributed by atoms with E-state index in [1.54, 1.807) is 73.7 Å². The fourth-order valence-electron chi connectivity index (χ4n) is 3.13. The van der Waals surface area contributed by atoms with E-state index in [1.165, 1.54) is 13.2 Å². The molecule has 0 bridgehead atoms. The van der Waals surface area contributed by atoms with Gasteiger partial charge in [-0.3, -0.25) is 13.9 Å². The Morgan fingerprint density at radius 3 is 2.26 bits per heavy atom. The SMILES string of the molecule is COc1cccc(N(CC(=O)N/N=C(/C)c2ccc(NC(=O)c3ccccc3)cc2)S(C)(=O)=O)c1. The Kier molecular flexibility index (Phi) is 8.21. The predicted molar refractivity (Wildman–Crippen MR) is 136 cm³/mol. The van der Waals surface area contributed by atoms with Crippen molar-refractivity contribution in [2.75, 3.05) is 29.5 Å². The van der Waals surface area contributed by atoms with Crippen molar-refractivity contribution in [1.82, 2.24) is 5.43 Å². The monoisotopic (exact) mass is 494 g/mol. The lowest BCUT2D eigenvalue weighted by Crippen LogP contribution is -2.39. The lowest BCUT2D eigenvalue weighted by molar-refractivity contribution is -0.119. The van der Waals surface area contributed by atoms with Gasteiger partial charge in [-0.25, -0.2) is 13.8 Å². The van der Waals surface area contributed by atoms with Crippen LogP contribution in [-0.2, 0) is 14.8 Å². The smallest absolute Gasteiger partial charge is 0.260 e. The molecule has 0 fully saturated rings. The summed E-state index contributed by atoms with van der Waals surface area (Å²) >= 11 is 0. The number of benzene rings is 3. The van der Waals surface area contributed by atoms with Crippen LogP contribution in [0.15, 0.2) is 84.0 Å². The van der Waals surface area contributed by atoms with Gasteiger partial charge in [0.25, 0.3) is 11.8 Å². The number of nitrogens with zero attached hydrogens (tertiary/aromatic N) is 2. The number of hydrazone groups is 1. The standard InChI is InChI=1S/C25H26N4O5S/c1-18(19-12-14-21(15-13-19)26-25(31)20-8-5-4-6-9-20)27-28-24(30)17-29(35(3,32)33)22-10-7-11-23(16-22)34-2/h4-16H,17H2,1-3H3,(H,26,31)(H,28,30)/b27-18-. The van der Waals surface area contributed by atoms with Crippen molar-refractivity contribution in [3.05, 3.63) is 90.0 Å². The summed E-state index contributed by atoms with van der Waals surface area (Å²) < 4.78 is 30.6. The first-order chi connectivity index (χ1) is 16.7. The van der Waals surface area contributed by atoms with Gasteiger partial charge >= 0.3 is 0 Å². The number of nitrogens with one attached hydrogen (secondary N) is 2. The Hall–Kier alpha value is -4.18. The Labute approximate surface area is 204 Å². The second kappa shape index (κ2) is 11.3. The number of carbonyl (C=O) groups is 2. The highest BCUT2D eigenvalue weighted by Gasteiger charge is 2.21. The molecule has 3 aromatic rings. The molecule has 0 heterocycles. The molecule has 0 unspecified atom stereocenters. The van der Waals surface area contributed by atoms with E-state index in [2.05, 4.69) is 15.8 Å². The Morgan fingerprint density at radius 1 is 0.943 bits per heavy atom. The predicted octanol–water partition coefficient (Wildman–Crippen LogP) is 3.25. The third-order valence-electron chi connectivity index (χ3n) is 4.97. The van der Waals surface area contributed by atoms with E-state index < -0.39 is 22.5 Å². The third-order valence-corrected chi connectivity index (χ3v) is 6.11. The van der Waals surface area contributed by atoms with Crippen molar-refractivity contribution < 1.29 is 22.7 Å². The van der Waals surface area contributed by atoms with Gasteiger partial charge in [0.05, 0.1) is 24.8 Å². The molecule has 182 valence electrons. The minimum atomic E-state index is -3.73. The summed E-state index contributed by atoms with van der Waals surface area (Å²) in [5.41, 5.74) is 5.08. The highest BCUT2D eigenvalue weighted by Crippen LogP contribution is 2.22. The molecule has 35 heavy (non-hydrogen) atoms. The molecular weight excluding hydrogens is 468 g/mol. The molecule has 9 nitrogen and oxygen atoms in total. The molecule has 0 atom stereocenters. The summed E-state index contributed by atoms with van der Waals surface area (Å²) in [6.45, 7) is 1.25. The van der Waals surface area contributed by atoms with Crippen LogP contribution in [0.5, 0.6) is 5.75 Å². The zero-order chi connectivity index (χ0) is 25.4. The quantitative estimate of drug-likeness (QED) is 0.350. The fraction of sp³-hybridized carbons (Fsp3) is 0.160. The molecule has 0 spiro atoms. The van der Waals surface area contributed by atoms with Gasteiger partial charge in [0, 0.05) is 17.3 Å². The maximum absolute atomic E-state index is 12.5. The van der Waals surface area contributed by atoms with Crippen molar-refractivity contribution in [3.8, 4) is 5.75 Å². The van der Waals surface area contributed by atoms with Crippen LogP contribution in [0.25, 0.3) is 0 Å². The number of sulfonamides is 1. The minimum absolute atomic E-state index is 0.220. The molecule has 0 aliphatic heterocycles. The highest BCUT2D eigenvalue weighted by molar-refractivity contribution is 7.92. The fourth-order valence-corrected chi connectivity index (χ4v) is 3.98. The van der Waals surface area contributed by atoms with Crippen LogP contribution in [0.2, 0.25) is 0 Å². The molecule has 0 saturated heterocycles.